The summed E-state index contributed by atoms with van der Waals surface area (Å²) in [5.74, 6) is 0. The van der Waals surface area contributed by atoms with Crippen molar-refractivity contribution >= 4 is 22.0 Å². The van der Waals surface area contributed by atoms with E-state index in [0.717, 1.165) is 11.0 Å². The number of rotatable bonds is 3. The van der Waals surface area contributed by atoms with Gasteiger partial charge in [0.25, 0.3) is 0 Å². The summed E-state index contributed by atoms with van der Waals surface area (Å²) < 4.78 is 3.13. The maximum absolute atomic E-state index is 3.98. The summed E-state index contributed by atoms with van der Waals surface area (Å²) in [7, 11) is 0. The lowest BCUT2D eigenvalue weighted by atomic mass is 10.2. The van der Waals surface area contributed by atoms with Gasteiger partial charge in [0.15, 0.2) is 0 Å². The highest BCUT2D eigenvalue weighted by Crippen LogP contribution is 2.12. The van der Waals surface area contributed by atoms with Gasteiger partial charge in [0.1, 0.15) is 0 Å². The number of imidazole rings is 1. The Bertz CT molecular complexity index is 446. The molecule has 1 aromatic heterocycles. The summed E-state index contributed by atoms with van der Waals surface area (Å²) in [5, 5.41) is 0. The highest BCUT2D eigenvalue weighted by Gasteiger charge is 1.88. The molecule has 76 valence electrons. The van der Waals surface area contributed by atoms with Gasteiger partial charge in [-0.2, -0.15) is 0 Å². The smallest absolute Gasteiger partial charge is 0.0948 e. The SMILES string of the molecule is Brc1cccc(/C=C/Cn2ccnc2)c1. The first kappa shape index (κ1) is 10.2. The third-order valence-electron chi connectivity index (χ3n) is 2.03. The van der Waals surface area contributed by atoms with Crippen LogP contribution >= 0.6 is 15.9 Å². The average molecular weight is 263 g/mol. The fraction of sp³-hybridized carbons (Fsp3) is 0.0833. The zero-order valence-electron chi connectivity index (χ0n) is 8.18. The Morgan fingerprint density at radius 3 is 3.07 bits per heavy atom. The first-order valence-corrected chi connectivity index (χ1v) is 5.52. The van der Waals surface area contributed by atoms with E-state index in [2.05, 4.69) is 45.2 Å². The van der Waals surface area contributed by atoms with Gasteiger partial charge in [-0.1, -0.05) is 40.2 Å². The Morgan fingerprint density at radius 1 is 1.40 bits per heavy atom. The molecule has 0 saturated heterocycles. The zero-order chi connectivity index (χ0) is 10.5. The molecule has 2 rings (SSSR count). The van der Waals surface area contributed by atoms with Crippen molar-refractivity contribution in [1.29, 1.82) is 0 Å². The Balaban J connectivity index is 2.00. The largest absolute Gasteiger partial charge is 0.334 e. The van der Waals surface area contributed by atoms with Gasteiger partial charge in [0.05, 0.1) is 6.33 Å². The van der Waals surface area contributed by atoms with Crippen molar-refractivity contribution in [2.45, 2.75) is 6.54 Å². The molecule has 0 aliphatic rings. The number of aromatic nitrogens is 2. The molecule has 0 bridgehead atoms. The maximum Gasteiger partial charge on any atom is 0.0948 e. The van der Waals surface area contributed by atoms with Gasteiger partial charge in [0, 0.05) is 23.4 Å². The van der Waals surface area contributed by atoms with Crippen LogP contribution in [0.4, 0.5) is 0 Å². The van der Waals surface area contributed by atoms with Crippen LogP contribution in [0.5, 0.6) is 0 Å². The van der Waals surface area contributed by atoms with Gasteiger partial charge in [-0.25, -0.2) is 4.98 Å². The third-order valence-corrected chi connectivity index (χ3v) is 2.53. The number of benzene rings is 1. The Morgan fingerprint density at radius 2 is 2.33 bits per heavy atom. The minimum Gasteiger partial charge on any atom is -0.334 e. The van der Waals surface area contributed by atoms with E-state index in [1.54, 1.807) is 6.20 Å². The summed E-state index contributed by atoms with van der Waals surface area (Å²) in [6.07, 6.45) is 9.76. The number of halogens is 1. The second kappa shape index (κ2) is 4.94. The van der Waals surface area contributed by atoms with Crippen LogP contribution in [-0.4, -0.2) is 9.55 Å². The number of nitrogens with zero attached hydrogens (tertiary/aromatic N) is 2. The normalized spacial score (nSPS) is 11.0. The predicted molar refractivity (Wildman–Crippen MR) is 65.4 cm³/mol. The second-order valence-corrected chi connectivity index (χ2v) is 4.13. The molecular weight excluding hydrogens is 252 g/mol. The van der Waals surface area contributed by atoms with Crippen LogP contribution in [0.1, 0.15) is 5.56 Å². The standard InChI is InChI=1S/C12H11BrN2/c13-12-5-1-3-11(9-12)4-2-7-15-8-6-14-10-15/h1-6,8-10H,7H2/b4-2+. The Kier molecular flexibility index (Phi) is 3.35. The minimum atomic E-state index is 0.854. The summed E-state index contributed by atoms with van der Waals surface area (Å²) >= 11 is 3.44. The molecule has 15 heavy (non-hydrogen) atoms. The van der Waals surface area contributed by atoms with Crippen LogP contribution in [0.25, 0.3) is 6.08 Å². The van der Waals surface area contributed by atoms with Crippen molar-refractivity contribution in [1.82, 2.24) is 9.55 Å². The lowest BCUT2D eigenvalue weighted by Crippen LogP contribution is -1.89. The molecule has 3 heteroatoms. The van der Waals surface area contributed by atoms with Gasteiger partial charge in [0.2, 0.25) is 0 Å². The van der Waals surface area contributed by atoms with E-state index >= 15 is 0 Å². The first-order valence-electron chi connectivity index (χ1n) is 4.72. The highest BCUT2D eigenvalue weighted by atomic mass is 79.9. The summed E-state index contributed by atoms with van der Waals surface area (Å²) in [5.41, 5.74) is 1.20. The van der Waals surface area contributed by atoms with Crippen molar-refractivity contribution in [2.75, 3.05) is 0 Å². The van der Waals surface area contributed by atoms with Gasteiger partial charge in [-0.15, -0.1) is 0 Å². The fourth-order valence-corrected chi connectivity index (χ4v) is 1.73. The molecule has 0 spiro atoms. The Hall–Kier alpha value is -1.35. The molecular formula is C12H11BrN2. The molecule has 2 nitrogen and oxygen atoms in total. The monoisotopic (exact) mass is 262 g/mol. The highest BCUT2D eigenvalue weighted by molar-refractivity contribution is 9.10. The van der Waals surface area contributed by atoms with Crippen molar-refractivity contribution in [3.05, 3.63) is 59.1 Å². The molecule has 0 aliphatic heterocycles. The van der Waals surface area contributed by atoms with Crippen LogP contribution in [-0.2, 0) is 6.54 Å². The summed E-state index contributed by atoms with van der Waals surface area (Å²) in [6.45, 7) is 0.854. The minimum absolute atomic E-state index is 0.854. The van der Waals surface area contributed by atoms with E-state index < -0.39 is 0 Å². The number of hydrogen-bond acceptors (Lipinski definition) is 1. The van der Waals surface area contributed by atoms with Gasteiger partial charge >= 0.3 is 0 Å². The Labute approximate surface area is 97.4 Å². The van der Waals surface area contributed by atoms with E-state index in [0.29, 0.717) is 0 Å². The summed E-state index contributed by atoms with van der Waals surface area (Å²) in [4.78, 5) is 3.98. The molecule has 0 aliphatic carbocycles. The molecule has 1 heterocycles. The molecule has 0 atom stereocenters. The average Bonchev–Trinajstić information content (AvgIpc) is 2.71. The van der Waals surface area contributed by atoms with Crippen LogP contribution in [0.3, 0.4) is 0 Å². The van der Waals surface area contributed by atoms with Crippen LogP contribution in [0, 0.1) is 0 Å². The first-order chi connectivity index (χ1) is 7.34. The molecule has 0 unspecified atom stereocenters. The molecule has 2 aromatic rings. The van der Waals surface area contributed by atoms with Gasteiger partial charge < -0.3 is 4.57 Å². The quantitative estimate of drug-likeness (QED) is 0.830. The zero-order valence-corrected chi connectivity index (χ0v) is 9.76. The summed E-state index contributed by atoms with van der Waals surface area (Å²) in [6, 6.07) is 8.22. The van der Waals surface area contributed by atoms with E-state index in [4.69, 9.17) is 0 Å². The predicted octanol–water partition coefficient (Wildman–Crippen LogP) is 3.36. The van der Waals surface area contributed by atoms with Crippen molar-refractivity contribution in [3.63, 3.8) is 0 Å². The molecule has 0 amide bonds. The molecule has 0 fully saturated rings. The van der Waals surface area contributed by atoms with Gasteiger partial charge in [-0.05, 0) is 17.7 Å². The molecule has 0 N–H and O–H groups in total. The van der Waals surface area contributed by atoms with Crippen molar-refractivity contribution in [3.8, 4) is 0 Å². The molecule has 1 aromatic carbocycles. The number of allylic oxidation sites excluding steroid dienone is 1. The van der Waals surface area contributed by atoms with Crippen LogP contribution < -0.4 is 0 Å². The van der Waals surface area contributed by atoms with Crippen LogP contribution in [0.15, 0.2) is 53.5 Å². The second-order valence-electron chi connectivity index (χ2n) is 3.22. The molecule has 0 saturated carbocycles. The molecule has 0 radical (unpaired) electrons. The van der Waals surface area contributed by atoms with E-state index in [9.17, 15) is 0 Å². The topological polar surface area (TPSA) is 17.8 Å². The van der Waals surface area contributed by atoms with E-state index in [1.165, 1.54) is 5.56 Å². The fourth-order valence-electron chi connectivity index (χ4n) is 1.32. The lowest BCUT2D eigenvalue weighted by Gasteiger charge is -1.96. The third kappa shape index (κ3) is 3.06. The van der Waals surface area contributed by atoms with E-state index in [1.807, 2.05) is 29.2 Å². The van der Waals surface area contributed by atoms with Crippen molar-refractivity contribution < 1.29 is 0 Å². The van der Waals surface area contributed by atoms with Gasteiger partial charge in [-0.3, -0.25) is 0 Å². The maximum atomic E-state index is 3.98. The van der Waals surface area contributed by atoms with E-state index in [-0.39, 0.29) is 0 Å². The van der Waals surface area contributed by atoms with Crippen molar-refractivity contribution in [2.24, 2.45) is 0 Å². The number of hydrogen-bond donors (Lipinski definition) is 0. The lowest BCUT2D eigenvalue weighted by molar-refractivity contribution is 0.823. The van der Waals surface area contributed by atoms with Crippen LogP contribution in [0.2, 0.25) is 0 Å².